The fourth-order valence-corrected chi connectivity index (χ4v) is 2.92. The Bertz CT molecular complexity index is 932. The van der Waals surface area contributed by atoms with E-state index in [-0.39, 0.29) is 11.6 Å². The molecule has 3 heterocycles. The van der Waals surface area contributed by atoms with E-state index >= 15 is 0 Å². The number of aromatic amines is 1. The zero-order valence-corrected chi connectivity index (χ0v) is 14.5. The predicted octanol–water partition coefficient (Wildman–Crippen LogP) is 3.12. The standard InChI is InChI=1S/C17H18ClN5O/c1-4-10-11-7-9(8-20-16(11)22-15(10)18)13-6-5-12(19)14(21-13)17(24)23(2)3/h5-8H,4,19H2,1-3H3,(H,20,22). The molecule has 7 heteroatoms. The fourth-order valence-electron chi connectivity index (χ4n) is 2.59. The van der Waals surface area contributed by atoms with Crippen LogP contribution in [-0.4, -0.2) is 39.9 Å². The fraction of sp³-hybridized carbons (Fsp3) is 0.235. The van der Waals surface area contributed by atoms with Gasteiger partial charge in [-0.2, -0.15) is 0 Å². The number of hydrogen-bond acceptors (Lipinski definition) is 4. The van der Waals surface area contributed by atoms with Crippen LogP contribution in [0.25, 0.3) is 22.3 Å². The van der Waals surface area contributed by atoms with Gasteiger partial charge in [-0.05, 0) is 30.2 Å². The molecule has 1 amide bonds. The summed E-state index contributed by atoms with van der Waals surface area (Å²) in [6.45, 7) is 2.04. The van der Waals surface area contributed by atoms with Crippen molar-refractivity contribution in [2.24, 2.45) is 0 Å². The van der Waals surface area contributed by atoms with Crippen molar-refractivity contribution in [3.63, 3.8) is 0 Å². The van der Waals surface area contributed by atoms with Crippen molar-refractivity contribution in [1.29, 1.82) is 0 Å². The molecule has 3 N–H and O–H groups in total. The van der Waals surface area contributed by atoms with Crippen molar-refractivity contribution >= 4 is 34.2 Å². The first-order valence-corrected chi connectivity index (χ1v) is 7.94. The maximum absolute atomic E-state index is 12.2. The second kappa shape index (κ2) is 6.13. The van der Waals surface area contributed by atoms with Gasteiger partial charge in [0.25, 0.3) is 5.91 Å². The van der Waals surface area contributed by atoms with Gasteiger partial charge in [0.1, 0.15) is 10.8 Å². The summed E-state index contributed by atoms with van der Waals surface area (Å²) >= 11 is 6.21. The minimum Gasteiger partial charge on any atom is -0.397 e. The van der Waals surface area contributed by atoms with Gasteiger partial charge in [-0.15, -0.1) is 0 Å². The molecule has 0 radical (unpaired) electrons. The first-order valence-electron chi connectivity index (χ1n) is 7.57. The highest BCUT2D eigenvalue weighted by Gasteiger charge is 2.16. The number of aryl methyl sites for hydroxylation is 1. The zero-order valence-electron chi connectivity index (χ0n) is 13.7. The van der Waals surface area contributed by atoms with Gasteiger partial charge in [0.15, 0.2) is 5.69 Å². The first kappa shape index (κ1) is 16.3. The summed E-state index contributed by atoms with van der Waals surface area (Å²) < 4.78 is 0. The second-order valence-electron chi connectivity index (χ2n) is 5.73. The molecule has 0 spiro atoms. The smallest absolute Gasteiger partial charge is 0.274 e. The third-order valence-electron chi connectivity index (χ3n) is 3.89. The van der Waals surface area contributed by atoms with Crippen molar-refractivity contribution in [1.82, 2.24) is 19.9 Å². The van der Waals surface area contributed by atoms with Crippen LogP contribution in [0.5, 0.6) is 0 Å². The van der Waals surface area contributed by atoms with E-state index in [1.54, 1.807) is 32.4 Å². The molecule has 0 saturated carbocycles. The van der Waals surface area contributed by atoms with Crippen LogP contribution in [0.1, 0.15) is 23.0 Å². The number of anilines is 1. The lowest BCUT2D eigenvalue weighted by Crippen LogP contribution is -2.24. The minimum absolute atomic E-state index is 0.234. The SMILES string of the molecule is CCc1c(Cl)[nH]c2ncc(-c3ccc(N)c(C(=O)N(C)C)n3)cc12. The van der Waals surface area contributed by atoms with E-state index in [4.69, 9.17) is 17.3 Å². The summed E-state index contributed by atoms with van der Waals surface area (Å²) in [5.41, 5.74) is 9.69. The molecule has 0 saturated heterocycles. The van der Waals surface area contributed by atoms with E-state index in [2.05, 4.69) is 15.0 Å². The summed E-state index contributed by atoms with van der Waals surface area (Å²) in [5, 5.41) is 1.56. The van der Waals surface area contributed by atoms with Crippen molar-refractivity contribution in [3.8, 4) is 11.3 Å². The van der Waals surface area contributed by atoms with Crippen LogP contribution >= 0.6 is 11.6 Å². The highest BCUT2D eigenvalue weighted by atomic mass is 35.5. The van der Waals surface area contributed by atoms with Crippen LogP contribution in [0.15, 0.2) is 24.4 Å². The zero-order chi connectivity index (χ0) is 17.4. The Kier molecular flexibility index (Phi) is 4.15. The number of nitrogens with zero attached hydrogens (tertiary/aromatic N) is 3. The van der Waals surface area contributed by atoms with E-state index in [0.29, 0.717) is 16.5 Å². The summed E-state index contributed by atoms with van der Waals surface area (Å²) in [7, 11) is 3.33. The number of aromatic nitrogens is 3. The van der Waals surface area contributed by atoms with Crippen LogP contribution < -0.4 is 5.73 Å². The lowest BCUT2D eigenvalue weighted by molar-refractivity contribution is 0.0823. The molecule has 3 aromatic rings. The molecule has 0 aliphatic carbocycles. The highest BCUT2D eigenvalue weighted by molar-refractivity contribution is 6.31. The van der Waals surface area contributed by atoms with Crippen molar-refractivity contribution in [2.45, 2.75) is 13.3 Å². The van der Waals surface area contributed by atoms with Crippen molar-refractivity contribution in [3.05, 3.63) is 40.8 Å². The van der Waals surface area contributed by atoms with Crippen molar-refractivity contribution < 1.29 is 4.79 Å². The Morgan fingerprint density at radius 3 is 2.79 bits per heavy atom. The van der Waals surface area contributed by atoms with Crippen LogP contribution in [0.3, 0.4) is 0 Å². The van der Waals surface area contributed by atoms with E-state index in [1.807, 2.05) is 13.0 Å². The number of pyridine rings is 2. The van der Waals surface area contributed by atoms with Crippen molar-refractivity contribution in [2.75, 3.05) is 19.8 Å². The molecular formula is C17H18ClN5O. The Hall–Kier alpha value is -2.60. The van der Waals surface area contributed by atoms with Gasteiger partial charge >= 0.3 is 0 Å². The lowest BCUT2D eigenvalue weighted by atomic mass is 10.1. The average Bonchev–Trinajstić information content (AvgIpc) is 2.88. The number of nitrogens with two attached hydrogens (primary N) is 1. The number of nitrogen functional groups attached to an aromatic ring is 1. The quantitative estimate of drug-likeness (QED) is 0.764. The van der Waals surface area contributed by atoms with Gasteiger partial charge in [-0.25, -0.2) is 9.97 Å². The molecule has 0 aliphatic rings. The Balaban J connectivity index is 2.13. The highest BCUT2D eigenvalue weighted by Crippen LogP contribution is 2.29. The summed E-state index contributed by atoms with van der Waals surface area (Å²) in [6.07, 6.45) is 2.50. The van der Waals surface area contributed by atoms with E-state index in [1.165, 1.54) is 4.90 Å². The number of carbonyl (C=O) groups excluding carboxylic acids is 1. The number of rotatable bonds is 3. The Morgan fingerprint density at radius 1 is 1.38 bits per heavy atom. The summed E-state index contributed by atoms with van der Waals surface area (Å²) in [4.78, 5) is 25.6. The molecule has 0 unspecified atom stereocenters. The molecule has 0 aromatic carbocycles. The number of amides is 1. The monoisotopic (exact) mass is 343 g/mol. The Morgan fingerprint density at radius 2 is 2.12 bits per heavy atom. The van der Waals surface area contributed by atoms with Gasteiger partial charge in [-0.3, -0.25) is 4.79 Å². The lowest BCUT2D eigenvalue weighted by Gasteiger charge is -2.12. The molecule has 0 atom stereocenters. The predicted molar refractivity (Wildman–Crippen MR) is 96.1 cm³/mol. The third kappa shape index (κ3) is 2.69. The number of halogens is 1. The van der Waals surface area contributed by atoms with Gasteiger partial charge < -0.3 is 15.6 Å². The number of H-pyrrole nitrogens is 1. The minimum atomic E-state index is -0.234. The average molecular weight is 344 g/mol. The molecule has 6 nitrogen and oxygen atoms in total. The molecule has 124 valence electrons. The Labute approximate surface area is 144 Å². The largest absolute Gasteiger partial charge is 0.397 e. The molecule has 0 aliphatic heterocycles. The topological polar surface area (TPSA) is 87.9 Å². The number of nitrogens with one attached hydrogen (secondary N) is 1. The molecule has 3 rings (SSSR count). The van der Waals surface area contributed by atoms with Gasteiger partial charge in [0.2, 0.25) is 0 Å². The number of carbonyl (C=O) groups is 1. The normalized spacial score (nSPS) is 11.0. The molecule has 3 aromatic heterocycles. The third-order valence-corrected chi connectivity index (χ3v) is 4.21. The van der Waals surface area contributed by atoms with E-state index in [9.17, 15) is 4.79 Å². The van der Waals surface area contributed by atoms with Crippen LogP contribution in [0.4, 0.5) is 5.69 Å². The van der Waals surface area contributed by atoms with Gasteiger partial charge in [-0.1, -0.05) is 18.5 Å². The van der Waals surface area contributed by atoms with Crippen LogP contribution in [-0.2, 0) is 6.42 Å². The molecular weight excluding hydrogens is 326 g/mol. The van der Waals surface area contributed by atoms with Crippen LogP contribution in [0.2, 0.25) is 5.15 Å². The maximum Gasteiger partial charge on any atom is 0.274 e. The molecule has 24 heavy (non-hydrogen) atoms. The van der Waals surface area contributed by atoms with Crippen LogP contribution in [0, 0.1) is 0 Å². The van der Waals surface area contributed by atoms with Gasteiger partial charge in [0.05, 0.1) is 11.4 Å². The second-order valence-corrected chi connectivity index (χ2v) is 6.10. The number of hydrogen-bond donors (Lipinski definition) is 2. The molecule has 0 bridgehead atoms. The number of fused-ring (bicyclic) bond motifs is 1. The summed E-state index contributed by atoms with van der Waals surface area (Å²) in [5.74, 6) is -0.234. The summed E-state index contributed by atoms with van der Waals surface area (Å²) in [6, 6.07) is 5.45. The van der Waals surface area contributed by atoms with E-state index in [0.717, 1.165) is 28.6 Å². The first-order chi connectivity index (χ1) is 11.4. The van der Waals surface area contributed by atoms with E-state index < -0.39 is 0 Å². The molecule has 0 fully saturated rings. The van der Waals surface area contributed by atoms with Gasteiger partial charge in [0, 0.05) is 31.2 Å². The maximum atomic E-state index is 12.2.